The van der Waals surface area contributed by atoms with E-state index < -0.39 is 0 Å². The second-order valence-corrected chi connectivity index (χ2v) is 2.25. The van der Waals surface area contributed by atoms with Crippen LogP contribution in [0.15, 0.2) is 36.8 Å². The molecule has 57 valence electrons. The molecule has 2 aromatic rings. The molecule has 0 spiro atoms. The predicted octanol–water partition coefficient (Wildman–Crippen LogP) is 1.34. The van der Waals surface area contributed by atoms with Gasteiger partial charge in [0.05, 0.1) is 17.6 Å². The van der Waals surface area contributed by atoms with Gasteiger partial charge < -0.3 is 0 Å². The van der Waals surface area contributed by atoms with E-state index in [0.29, 0.717) is 0 Å². The quantitative estimate of drug-likeness (QED) is 0.625. The van der Waals surface area contributed by atoms with Gasteiger partial charge in [0.15, 0.2) is 0 Å². The summed E-state index contributed by atoms with van der Waals surface area (Å²) in [5.41, 5.74) is 1.64. The van der Waals surface area contributed by atoms with Crippen molar-refractivity contribution in [1.82, 2.24) is 15.0 Å². The molecule has 1 radical (unpaired) electrons. The van der Waals surface area contributed by atoms with E-state index in [1.165, 1.54) is 6.33 Å². The Morgan fingerprint density at radius 2 is 2.08 bits per heavy atom. The van der Waals surface area contributed by atoms with E-state index in [0.717, 1.165) is 11.4 Å². The van der Waals surface area contributed by atoms with Crippen molar-refractivity contribution in [3.05, 3.63) is 43.0 Å². The molecule has 2 heterocycles. The molecule has 12 heavy (non-hydrogen) atoms. The molecule has 0 saturated carbocycles. The molecule has 0 amide bonds. The first-order chi connectivity index (χ1) is 5.97. The molecule has 0 unspecified atom stereocenters. The lowest BCUT2D eigenvalue weighted by atomic mass is 10.3. The zero-order valence-corrected chi connectivity index (χ0v) is 6.31. The van der Waals surface area contributed by atoms with Gasteiger partial charge in [0.25, 0.3) is 0 Å². The maximum absolute atomic E-state index is 4.14. The third-order valence-electron chi connectivity index (χ3n) is 1.46. The molecule has 0 aromatic carbocycles. The van der Waals surface area contributed by atoms with Crippen LogP contribution in [0.2, 0.25) is 0 Å². The maximum Gasteiger partial charge on any atom is 0.116 e. The third-order valence-corrected chi connectivity index (χ3v) is 1.46. The first-order valence-corrected chi connectivity index (χ1v) is 3.56. The summed E-state index contributed by atoms with van der Waals surface area (Å²) >= 11 is 0. The Hall–Kier alpha value is -1.77. The zero-order chi connectivity index (χ0) is 8.23. The van der Waals surface area contributed by atoms with Crippen LogP contribution in [0.1, 0.15) is 0 Å². The van der Waals surface area contributed by atoms with Gasteiger partial charge in [0, 0.05) is 6.20 Å². The lowest BCUT2D eigenvalue weighted by Gasteiger charge is -1.95. The Kier molecular flexibility index (Phi) is 1.78. The molecular weight excluding hydrogens is 150 g/mol. The van der Waals surface area contributed by atoms with Gasteiger partial charge in [-0.3, -0.25) is 4.98 Å². The second kappa shape index (κ2) is 3.09. The number of rotatable bonds is 1. The van der Waals surface area contributed by atoms with E-state index in [2.05, 4.69) is 21.1 Å². The van der Waals surface area contributed by atoms with Gasteiger partial charge in [-0.05, 0) is 18.2 Å². The first kappa shape index (κ1) is 6.91. The fourth-order valence-electron chi connectivity index (χ4n) is 0.914. The number of aromatic nitrogens is 3. The minimum Gasteiger partial charge on any atom is -0.255 e. The standard InChI is InChI=1S/C9H6N3/c1-2-5-11-8(3-1)9-4-6-10-7-12-9/h1-5,7H. The Balaban J connectivity index is 2.46. The van der Waals surface area contributed by atoms with Crippen molar-refractivity contribution >= 4 is 0 Å². The molecule has 0 atom stereocenters. The number of pyridine rings is 1. The molecule has 0 aliphatic rings. The van der Waals surface area contributed by atoms with E-state index in [-0.39, 0.29) is 0 Å². The van der Waals surface area contributed by atoms with Crippen LogP contribution in [0.5, 0.6) is 0 Å². The minimum absolute atomic E-state index is 0.797. The average Bonchev–Trinajstić information content (AvgIpc) is 2.21. The monoisotopic (exact) mass is 156 g/mol. The molecule has 0 aliphatic carbocycles. The minimum atomic E-state index is 0.797. The van der Waals surface area contributed by atoms with Gasteiger partial charge in [-0.1, -0.05) is 6.07 Å². The van der Waals surface area contributed by atoms with Crippen molar-refractivity contribution in [2.75, 3.05) is 0 Å². The van der Waals surface area contributed by atoms with Crippen molar-refractivity contribution < 1.29 is 0 Å². The van der Waals surface area contributed by atoms with Crippen LogP contribution < -0.4 is 0 Å². The molecule has 3 nitrogen and oxygen atoms in total. The third kappa shape index (κ3) is 1.29. The molecule has 0 bridgehead atoms. The molecule has 2 rings (SSSR count). The predicted molar refractivity (Wildman–Crippen MR) is 44.1 cm³/mol. The van der Waals surface area contributed by atoms with Crippen molar-refractivity contribution in [1.29, 1.82) is 0 Å². The second-order valence-electron chi connectivity index (χ2n) is 2.25. The van der Waals surface area contributed by atoms with E-state index in [4.69, 9.17) is 0 Å². The highest BCUT2D eigenvalue weighted by molar-refractivity contribution is 5.51. The van der Waals surface area contributed by atoms with Crippen molar-refractivity contribution in [3.63, 3.8) is 0 Å². The fraction of sp³-hybridized carbons (Fsp3) is 0. The van der Waals surface area contributed by atoms with E-state index in [1.54, 1.807) is 12.3 Å². The van der Waals surface area contributed by atoms with Crippen molar-refractivity contribution in [3.8, 4) is 11.4 Å². The summed E-state index contributed by atoms with van der Waals surface area (Å²) in [4.78, 5) is 11.9. The average molecular weight is 156 g/mol. The topological polar surface area (TPSA) is 38.7 Å². The smallest absolute Gasteiger partial charge is 0.116 e. The molecule has 0 fully saturated rings. The normalized spacial score (nSPS) is 9.67. The molecule has 3 heteroatoms. The van der Waals surface area contributed by atoms with Gasteiger partial charge in [-0.25, -0.2) is 9.97 Å². The summed E-state index contributed by atoms with van der Waals surface area (Å²) < 4.78 is 0. The lowest BCUT2D eigenvalue weighted by molar-refractivity contribution is 1.14. The SMILES string of the molecule is [c]1cc(-c2ccccn2)ncn1. The number of hydrogen-bond donors (Lipinski definition) is 0. The van der Waals surface area contributed by atoms with E-state index >= 15 is 0 Å². The van der Waals surface area contributed by atoms with Crippen LogP contribution >= 0.6 is 0 Å². The van der Waals surface area contributed by atoms with Crippen LogP contribution in [0.4, 0.5) is 0 Å². The van der Waals surface area contributed by atoms with Gasteiger partial charge in [-0.2, -0.15) is 0 Å². The van der Waals surface area contributed by atoms with E-state index in [9.17, 15) is 0 Å². The Bertz CT molecular complexity index is 307. The largest absolute Gasteiger partial charge is 0.255 e. The van der Waals surface area contributed by atoms with Crippen LogP contribution in [-0.2, 0) is 0 Å². The van der Waals surface area contributed by atoms with Crippen LogP contribution in [-0.4, -0.2) is 15.0 Å². The maximum atomic E-state index is 4.14. The highest BCUT2D eigenvalue weighted by Crippen LogP contribution is 2.09. The van der Waals surface area contributed by atoms with Crippen LogP contribution in [0, 0.1) is 6.20 Å². The fourth-order valence-corrected chi connectivity index (χ4v) is 0.914. The van der Waals surface area contributed by atoms with Gasteiger partial charge in [0.1, 0.15) is 6.33 Å². The zero-order valence-electron chi connectivity index (χ0n) is 6.31. The molecular formula is C9H6N3. The molecule has 0 aliphatic heterocycles. The van der Waals surface area contributed by atoms with Crippen LogP contribution in [0.25, 0.3) is 11.4 Å². The highest BCUT2D eigenvalue weighted by Gasteiger charge is 1.96. The Morgan fingerprint density at radius 3 is 2.75 bits per heavy atom. The van der Waals surface area contributed by atoms with Gasteiger partial charge in [-0.15, -0.1) is 0 Å². The van der Waals surface area contributed by atoms with E-state index in [1.807, 2.05) is 18.2 Å². The summed E-state index contributed by atoms with van der Waals surface area (Å²) in [6.45, 7) is 0. The number of nitrogens with zero attached hydrogens (tertiary/aromatic N) is 3. The lowest BCUT2D eigenvalue weighted by Crippen LogP contribution is -1.85. The summed E-state index contributed by atoms with van der Waals surface area (Å²) in [7, 11) is 0. The molecule has 0 saturated heterocycles. The summed E-state index contributed by atoms with van der Waals surface area (Å²) in [6.07, 6.45) is 5.90. The number of hydrogen-bond acceptors (Lipinski definition) is 3. The van der Waals surface area contributed by atoms with Gasteiger partial charge >= 0.3 is 0 Å². The molecule has 0 N–H and O–H groups in total. The summed E-state index contributed by atoms with van der Waals surface area (Å²) in [5, 5.41) is 0. The van der Waals surface area contributed by atoms with Gasteiger partial charge in [0.2, 0.25) is 0 Å². The summed E-state index contributed by atoms with van der Waals surface area (Å²) in [5.74, 6) is 0. The molecule has 2 aromatic heterocycles. The summed E-state index contributed by atoms with van der Waals surface area (Å²) in [6, 6.07) is 7.40. The Morgan fingerprint density at radius 1 is 1.08 bits per heavy atom. The van der Waals surface area contributed by atoms with Crippen LogP contribution in [0.3, 0.4) is 0 Å². The highest BCUT2D eigenvalue weighted by atomic mass is 14.8. The van der Waals surface area contributed by atoms with Crippen molar-refractivity contribution in [2.24, 2.45) is 0 Å². The first-order valence-electron chi connectivity index (χ1n) is 3.56. The van der Waals surface area contributed by atoms with Crippen molar-refractivity contribution in [2.45, 2.75) is 0 Å². The Labute approximate surface area is 70.1 Å².